The number of benzene rings is 1. The third kappa shape index (κ3) is 2.52. The number of ether oxygens (including phenoxy) is 1. The Kier molecular flexibility index (Phi) is 3.49. The average molecular weight is 320 g/mol. The molecule has 0 saturated carbocycles. The van der Waals surface area contributed by atoms with Crippen LogP contribution in [-0.2, 0) is 0 Å². The highest BCUT2D eigenvalue weighted by Gasteiger charge is 2.17. The van der Waals surface area contributed by atoms with Gasteiger partial charge >= 0.3 is 0 Å². The van der Waals surface area contributed by atoms with E-state index in [4.69, 9.17) is 9.26 Å². The van der Waals surface area contributed by atoms with Gasteiger partial charge in [-0.05, 0) is 38.1 Å². The molecule has 0 saturated heterocycles. The largest absolute Gasteiger partial charge is 0.490 e. The van der Waals surface area contributed by atoms with Gasteiger partial charge < -0.3 is 13.7 Å². The zero-order valence-corrected chi connectivity index (χ0v) is 13.4. The fourth-order valence-corrected chi connectivity index (χ4v) is 2.57. The van der Waals surface area contributed by atoms with Crippen LogP contribution in [0, 0.1) is 0 Å². The Labute approximate surface area is 138 Å². The summed E-state index contributed by atoms with van der Waals surface area (Å²) < 4.78 is 13.2. The molecule has 3 aromatic heterocycles. The molecule has 0 spiro atoms. The summed E-state index contributed by atoms with van der Waals surface area (Å²) in [6.07, 6.45) is 5.61. The van der Waals surface area contributed by atoms with E-state index in [1.165, 1.54) is 0 Å². The molecule has 6 nitrogen and oxygen atoms in total. The second-order valence-electron chi connectivity index (χ2n) is 5.67. The van der Waals surface area contributed by atoms with Gasteiger partial charge in [0.05, 0.1) is 17.2 Å². The summed E-state index contributed by atoms with van der Waals surface area (Å²) in [7, 11) is 0. The Hall–Kier alpha value is -3.15. The van der Waals surface area contributed by atoms with Gasteiger partial charge in [-0.15, -0.1) is 0 Å². The van der Waals surface area contributed by atoms with Crippen molar-refractivity contribution in [1.29, 1.82) is 0 Å². The van der Waals surface area contributed by atoms with E-state index >= 15 is 0 Å². The number of hydrogen-bond acceptors (Lipinski definition) is 5. The van der Waals surface area contributed by atoms with Gasteiger partial charge in [-0.2, -0.15) is 4.98 Å². The van der Waals surface area contributed by atoms with Crippen molar-refractivity contribution >= 4 is 5.65 Å². The maximum atomic E-state index is 5.83. The summed E-state index contributed by atoms with van der Waals surface area (Å²) in [5.74, 6) is 1.65. The normalized spacial score (nSPS) is 11.3. The van der Waals surface area contributed by atoms with Crippen LogP contribution in [0.2, 0.25) is 0 Å². The average Bonchev–Trinajstić information content (AvgIpc) is 3.24. The molecule has 0 bridgehead atoms. The van der Waals surface area contributed by atoms with Crippen LogP contribution in [0.3, 0.4) is 0 Å². The van der Waals surface area contributed by atoms with Gasteiger partial charge in [-0.25, -0.2) is 4.98 Å². The molecule has 0 aliphatic carbocycles. The first-order valence-electron chi connectivity index (χ1n) is 7.74. The second kappa shape index (κ2) is 5.81. The number of fused-ring (bicyclic) bond motifs is 1. The Morgan fingerprint density at radius 1 is 1.04 bits per heavy atom. The summed E-state index contributed by atoms with van der Waals surface area (Å²) in [6.45, 7) is 3.96. The van der Waals surface area contributed by atoms with Gasteiger partial charge in [-0.1, -0.05) is 17.3 Å². The van der Waals surface area contributed by atoms with Crippen molar-refractivity contribution in [2.75, 3.05) is 0 Å². The number of para-hydroxylation sites is 1. The first kappa shape index (κ1) is 14.4. The van der Waals surface area contributed by atoms with E-state index in [1.54, 1.807) is 6.20 Å². The van der Waals surface area contributed by atoms with Gasteiger partial charge in [0.25, 0.3) is 5.89 Å². The van der Waals surface area contributed by atoms with Gasteiger partial charge in [0, 0.05) is 18.6 Å². The minimum absolute atomic E-state index is 0.0622. The number of nitrogens with zero attached hydrogens (tertiary/aromatic N) is 4. The SMILES string of the molecule is CC(C)Oc1ccccc1-c1nc(-c2cccn3ccnc23)no1. The molecule has 3 heterocycles. The van der Waals surface area contributed by atoms with Crippen LogP contribution in [0.5, 0.6) is 5.75 Å². The van der Waals surface area contributed by atoms with E-state index in [0.29, 0.717) is 11.7 Å². The van der Waals surface area contributed by atoms with Crippen molar-refractivity contribution in [2.24, 2.45) is 0 Å². The van der Waals surface area contributed by atoms with Gasteiger partial charge in [-0.3, -0.25) is 0 Å². The third-order valence-electron chi connectivity index (χ3n) is 3.57. The highest BCUT2D eigenvalue weighted by atomic mass is 16.5. The van der Waals surface area contributed by atoms with Crippen molar-refractivity contribution in [3.63, 3.8) is 0 Å². The Morgan fingerprint density at radius 2 is 1.88 bits per heavy atom. The number of rotatable bonds is 4. The predicted molar refractivity (Wildman–Crippen MR) is 89.7 cm³/mol. The Bertz CT molecular complexity index is 987. The fraction of sp³-hybridized carbons (Fsp3) is 0.167. The third-order valence-corrected chi connectivity index (χ3v) is 3.57. The van der Waals surface area contributed by atoms with Crippen molar-refractivity contribution in [3.05, 3.63) is 55.0 Å². The zero-order chi connectivity index (χ0) is 16.5. The Balaban J connectivity index is 1.78. The van der Waals surface area contributed by atoms with Crippen LogP contribution in [0.1, 0.15) is 13.8 Å². The first-order chi connectivity index (χ1) is 11.7. The van der Waals surface area contributed by atoms with E-state index < -0.39 is 0 Å². The maximum absolute atomic E-state index is 5.83. The van der Waals surface area contributed by atoms with E-state index in [9.17, 15) is 0 Å². The molecule has 1 aromatic carbocycles. The van der Waals surface area contributed by atoms with Crippen LogP contribution < -0.4 is 4.74 Å². The molecular weight excluding hydrogens is 304 g/mol. The molecule has 0 N–H and O–H groups in total. The van der Waals surface area contributed by atoms with Crippen molar-refractivity contribution < 1.29 is 9.26 Å². The molecule has 4 rings (SSSR count). The van der Waals surface area contributed by atoms with Gasteiger partial charge in [0.2, 0.25) is 5.82 Å². The van der Waals surface area contributed by atoms with Crippen molar-refractivity contribution in [3.8, 4) is 28.6 Å². The Morgan fingerprint density at radius 3 is 2.75 bits per heavy atom. The summed E-state index contributed by atoms with van der Waals surface area (Å²) >= 11 is 0. The van der Waals surface area contributed by atoms with Crippen LogP contribution in [0.15, 0.2) is 59.5 Å². The van der Waals surface area contributed by atoms with Crippen LogP contribution in [-0.4, -0.2) is 25.6 Å². The molecule has 0 fully saturated rings. The standard InChI is InChI=1S/C18H16N4O2/c1-12(2)23-15-8-4-3-6-13(15)18-20-16(21-24-18)14-7-5-10-22-11-9-19-17(14)22/h3-12H,1-2H3. The van der Waals surface area contributed by atoms with E-state index in [-0.39, 0.29) is 6.10 Å². The fourth-order valence-electron chi connectivity index (χ4n) is 2.57. The molecule has 120 valence electrons. The lowest BCUT2D eigenvalue weighted by atomic mass is 10.2. The molecule has 6 heteroatoms. The number of hydrogen-bond donors (Lipinski definition) is 0. The monoisotopic (exact) mass is 320 g/mol. The second-order valence-corrected chi connectivity index (χ2v) is 5.67. The lowest BCUT2D eigenvalue weighted by Gasteiger charge is -2.11. The van der Waals surface area contributed by atoms with Crippen LogP contribution >= 0.6 is 0 Å². The van der Waals surface area contributed by atoms with Crippen molar-refractivity contribution in [2.45, 2.75) is 20.0 Å². The molecule has 0 radical (unpaired) electrons. The minimum atomic E-state index is 0.0622. The highest BCUT2D eigenvalue weighted by Crippen LogP contribution is 2.31. The van der Waals surface area contributed by atoms with Crippen LogP contribution in [0.4, 0.5) is 0 Å². The van der Waals surface area contributed by atoms with E-state index in [1.807, 2.05) is 67.0 Å². The minimum Gasteiger partial charge on any atom is -0.490 e. The lowest BCUT2D eigenvalue weighted by molar-refractivity contribution is 0.242. The number of aromatic nitrogens is 4. The van der Waals surface area contributed by atoms with Crippen LogP contribution in [0.25, 0.3) is 28.5 Å². The molecule has 24 heavy (non-hydrogen) atoms. The topological polar surface area (TPSA) is 65.5 Å². The maximum Gasteiger partial charge on any atom is 0.262 e. The van der Waals surface area contributed by atoms with Gasteiger partial charge in [0.15, 0.2) is 0 Å². The molecule has 0 aliphatic heterocycles. The zero-order valence-electron chi connectivity index (χ0n) is 13.4. The summed E-state index contributed by atoms with van der Waals surface area (Å²) in [5, 5.41) is 4.12. The lowest BCUT2D eigenvalue weighted by Crippen LogP contribution is -2.06. The number of imidazole rings is 1. The van der Waals surface area contributed by atoms with E-state index in [0.717, 1.165) is 22.5 Å². The number of pyridine rings is 1. The summed E-state index contributed by atoms with van der Waals surface area (Å²) in [6, 6.07) is 11.5. The summed E-state index contributed by atoms with van der Waals surface area (Å²) in [5.41, 5.74) is 2.39. The smallest absolute Gasteiger partial charge is 0.262 e. The highest BCUT2D eigenvalue weighted by molar-refractivity contribution is 5.74. The molecule has 0 aliphatic rings. The molecule has 0 amide bonds. The molecular formula is C18H16N4O2. The van der Waals surface area contributed by atoms with Crippen molar-refractivity contribution in [1.82, 2.24) is 19.5 Å². The molecule has 0 atom stereocenters. The quantitative estimate of drug-likeness (QED) is 0.571. The van der Waals surface area contributed by atoms with E-state index in [2.05, 4.69) is 15.1 Å². The molecule has 4 aromatic rings. The predicted octanol–water partition coefficient (Wildman–Crippen LogP) is 3.84. The first-order valence-corrected chi connectivity index (χ1v) is 7.74. The van der Waals surface area contributed by atoms with Gasteiger partial charge in [0.1, 0.15) is 11.4 Å². The molecule has 0 unspecified atom stereocenters. The summed E-state index contributed by atoms with van der Waals surface area (Å²) in [4.78, 5) is 8.89.